The lowest BCUT2D eigenvalue weighted by molar-refractivity contribution is -0.120. The number of amides is 1. The molecule has 0 unspecified atom stereocenters. The molecule has 4 rings (SSSR count). The number of imidazole rings is 1. The van der Waals surface area contributed by atoms with Crippen LogP contribution in [0.5, 0.6) is 0 Å². The number of rotatable bonds is 7. The lowest BCUT2D eigenvalue weighted by Crippen LogP contribution is -2.25. The van der Waals surface area contributed by atoms with Gasteiger partial charge in [0, 0.05) is 11.1 Å². The Hall–Kier alpha value is -2.64. The second-order valence-corrected chi connectivity index (χ2v) is 8.61. The van der Waals surface area contributed by atoms with Gasteiger partial charge in [0.2, 0.25) is 5.91 Å². The maximum atomic E-state index is 12.2. The lowest BCUT2D eigenvalue weighted by Gasteiger charge is -2.01. The Bertz CT molecular complexity index is 1050. The van der Waals surface area contributed by atoms with E-state index in [2.05, 4.69) is 51.5 Å². The molecule has 5 nitrogen and oxygen atoms in total. The summed E-state index contributed by atoms with van der Waals surface area (Å²) in [6.07, 6.45) is 0.280. The second kappa shape index (κ2) is 8.58. The van der Waals surface area contributed by atoms with E-state index in [0.29, 0.717) is 6.54 Å². The molecule has 0 radical (unpaired) electrons. The number of thioether (sulfide) groups is 1. The normalized spacial score (nSPS) is 11.0. The van der Waals surface area contributed by atoms with Crippen LogP contribution in [0, 0.1) is 6.92 Å². The summed E-state index contributed by atoms with van der Waals surface area (Å²) in [6.45, 7) is 2.47. The Morgan fingerprint density at radius 3 is 2.79 bits per heavy atom. The van der Waals surface area contributed by atoms with Gasteiger partial charge in [-0.05, 0) is 24.6 Å². The number of carbonyl (C=O) groups excluding carboxylic acids is 1. The first-order valence-corrected chi connectivity index (χ1v) is 10.9. The van der Waals surface area contributed by atoms with Crippen LogP contribution in [-0.4, -0.2) is 20.9 Å². The number of benzene rings is 2. The van der Waals surface area contributed by atoms with Gasteiger partial charge >= 0.3 is 0 Å². The van der Waals surface area contributed by atoms with E-state index in [1.54, 1.807) is 23.1 Å². The van der Waals surface area contributed by atoms with Crippen LogP contribution in [0.1, 0.15) is 22.6 Å². The highest BCUT2D eigenvalue weighted by atomic mass is 32.2. The summed E-state index contributed by atoms with van der Waals surface area (Å²) in [4.78, 5) is 24.5. The van der Waals surface area contributed by atoms with Gasteiger partial charge in [-0.2, -0.15) is 0 Å². The average Bonchev–Trinajstić information content (AvgIpc) is 3.32. The molecular weight excluding hydrogens is 388 g/mol. The maximum absolute atomic E-state index is 12.2. The molecule has 0 aliphatic rings. The first kappa shape index (κ1) is 18.7. The molecule has 0 saturated carbocycles. The quantitative estimate of drug-likeness (QED) is 0.442. The molecule has 7 heteroatoms. The molecule has 0 aliphatic carbocycles. The van der Waals surface area contributed by atoms with Gasteiger partial charge in [-0.3, -0.25) is 4.79 Å². The van der Waals surface area contributed by atoms with E-state index >= 15 is 0 Å². The number of nitrogens with one attached hydrogen (secondary N) is 2. The second-order valence-electron chi connectivity index (χ2n) is 6.53. The number of nitrogens with zero attached hydrogens (tertiary/aromatic N) is 2. The third kappa shape index (κ3) is 4.79. The number of para-hydroxylation sites is 2. The predicted molar refractivity (Wildman–Crippen MR) is 114 cm³/mol. The number of H-pyrrole nitrogens is 1. The number of fused-ring (bicyclic) bond motifs is 1. The molecule has 2 heterocycles. The van der Waals surface area contributed by atoms with Gasteiger partial charge in [0.25, 0.3) is 0 Å². The van der Waals surface area contributed by atoms with Crippen LogP contribution in [0.3, 0.4) is 0 Å². The van der Waals surface area contributed by atoms with E-state index in [4.69, 9.17) is 0 Å². The smallest absolute Gasteiger partial charge is 0.226 e. The third-order valence-electron chi connectivity index (χ3n) is 4.25. The van der Waals surface area contributed by atoms with Crippen LogP contribution in [-0.2, 0) is 23.5 Å². The Labute approximate surface area is 171 Å². The van der Waals surface area contributed by atoms with E-state index < -0.39 is 0 Å². The standard InChI is InChI=1S/C21H20N4OS2/c1-14-6-8-15(9-7-14)12-27-21-23-16(13-28-21)10-20(26)22-11-19-24-17-4-2-3-5-18(17)25-19/h2-9,13H,10-12H2,1H3,(H,22,26)(H,24,25). The lowest BCUT2D eigenvalue weighted by atomic mass is 10.2. The van der Waals surface area contributed by atoms with Crippen molar-refractivity contribution in [3.63, 3.8) is 0 Å². The van der Waals surface area contributed by atoms with Crippen LogP contribution in [0.25, 0.3) is 11.0 Å². The zero-order valence-corrected chi connectivity index (χ0v) is 17.1. The zero-order valence-electron chi connectivity index (χ0n) is 15.4. The van der Waals surface area contributed by atoms with Crippen LogP contribution in [0.2, 0.25) is 0 Å². The Morgan fingerprint density at radius 1 is 1.14 bits per heavy atom. The Morgan fingerprint density at radius 2 is 1.96 bits per heavy atom. The van der Waals surface area contributed by atoms with Crippen molar-refractivity contribution in [2.24, 2.45) is 0 Å². The van der Waals surface area contributed by atoms with Gasteiger partial charge in [-0.25, -0.2) is 9.97 Å². The fraction of sp³-hybridized carbons (Fsp3) is 0.190. The number of aryl methyl sites for hydroxylation is 1. The van der Waals surface area contributed by atoms with E-state index in [0.717, 1.165) is 32.6 Å². The van der Waals surface area contributed by atoms with Crippen molar-refractivity contribution in [2.75, 3.05) is 0 Å². The average molecular weight is 409 g/mol. The number of thiazole rings is 1. The summed E-state index contributed by atoms with van der Waals surface area (Å²) >= 11 is 3.29. The van der Waals surface area contributed by atoms with E-state index in [1.165, 1.54) is 11.1 Å². The van der Waals surface area contributed by atoms with Gasteiger partial charge in [0.05, 0.1) is 29.7 Å². The first-order valence-electron chi connectivity index (χ1n) is 8.99. The van der Waals surface area contributed by atoms with Crippen LogP contribution >= 0.6 is 23.1 Å². The summed E-state index contributed by atoms with van der Waals surface area (Å²) in [7, 11) is 0. The van der Waals surface area contributed by atoms with Gasteiger partial charge in [0.15, 0.2) is 0 Å². The predicted octanol–water partition coefficient (Wildman–Crippen LogP) is 4.48. The molecule has 142 valence electrons. The zero-order chi connectivity index (χ0) is 19.3. The molecule has 0 aliphatic heterocycles. The highest BCUT2D eigenvalue weighted by molar-refractivity contribution is 8.00. The maximum Gasteiger partial charge on any atom is 0.226 e. The first-order chi connectivity index (χ1) is 13.7. The topological polar surface area (TPSA) is 70.7 Å². The summed E-state index contributed by atoms with van der Waals surface area (Å²) in [5.74, 6) is 1.58. The summed E-state index contributed by atoms with van der Waals surface area (Å²) in [6, 6.07) is 16.3. The molecular formula is C21H20N4OS2. The number of aromatic amines is 1. The molecule has 2 aromatic carbocycles. The monoisotopic (exact) mass is 408 g/mol. The molecule has 1 amide bonds. The number of aromatic nitrogens is 3. The Balaban J connectivity index is 1.27. The number of hydrogen-bond acceptors (Lipinski definition) is 5. The summed E-state index contributed by atoms with van der Waals surface area (Å²) in [5.41, 5.74) is 5.22. The van der Waals surface area contributed by atoms with Crippen molar-refractivity contribution in [3.8, 4) is 0 Å². The van der Waals surface area contributed by atoms with Gasteiger partial charge in [0.1, 0.15) is 10.2 Å². The van der Waals surface area contributed by atoms with Gasteiger partial charge in [-0.1, -0.05) is 53.7 Å². The minimum absolute atomic E-state index is 0.0548. The number of carbonyl (C=O) groups is 1. The SMILES string of the molecule is Cc1ccc(CSc2nc(CC(=O)NCc3nc4ccccc4[nH]3)cs2)cc1. The van der Waals surface area contributed by atoms with Crippen molar-refractivity contribution in [3.05, 3.63) is 76.6 Å². The highest BCUT2D eigenvalue weighted by Crippen LogP contribution is 2.26. The van der Waals surface area contributed by atoms with E-state index in [1.807, 2.05) is 29.6 Å². The summed E-state index contributed by atoms with van der Waals surface area (Å²) < 4.78 is 0.987. The van der Waals surface area contributed by atoms with Crippen molar-refractivity contribution in [2.45, 2.75) is 30.0 Å². The van der Waals surface area contributed by atoms with Crippen LogP contribution in [0.15, 0.2) is 58.3 Å². The van der Waals surface area contributed by atoms with Crippen molar-refractivity contribution in [1.29, 1.82) is 0 Å². The van der Waals surface area contributed by atoms with Crippen LogP contribution in [0.4, 0.5) is 0 Å². The molecule has 2 N–H and O–H groups in total. The molecule has 0 bridgehead atoms. The molecule has 0 atom stereocenters. The minimum atomic E-state index is -0.0548. The molecule has 0 spiro atoms. The van der Waals surface area contributed by atoms with E-state index in [-0.39, 0.29) is 12.3 Å². The van der Waals surface area contributed by atoms with Crippen molar-refractivity contribution < 1.29 is 4.79 Å². The fourth-order valence-electron chi connectivity index (χ4n) is 2.76. The van der Waals surface area contributed by atoms with Gasteiger partial charge < -0.3 is 10.3 Å². The largest absolute Gasteiger partial charge is 0.349 e. The molecule has 2 aromatic heterocycles. The molecule has 28 heavy (non-hydrogen) atoms. The molecule has 0 saturated heterocycles. The molecule has 0 fully saturated rings. The highest BCUT2D eigenvalue weighted by Gasteiger charge is 2.10. The fourth-order valence-corrected chi connectivity index (χ4v) is 4.56. The Kier molecular flexibility index (Phi) is 5.73. The minimum Gasteiger partial charge on any atom is -0.349 e. The molecule has 4 aromatic rings. The van der Waals surface area contributed by atoms with Crippen LogP contribution < -0.4 is 5.32 Å². The van der Waals surface area contributed by atoms with Crippen molar-refractivity contribution in [1.82, 2.24) is 20.3 Å². The summed E-state index contributed by atoms with van der Waals surface area (Å²) in [5, 5.41) is 4.86. The number of hydrogen-bond donors (Lipinski definition) is 2. The third-order valence-corrected chi connectivity index (χ3v) is 6.39. The van der Waals surface area contributed by atoms with Crippen molar-refractivity contribution >= 4 is 40.0 Å². The van der Waals surface area contributed by atoms with Gasteiger partial charge in [-0.15, -0.1) is 11.3 Å². The van der Waals surface area contributed by atoms with E-state index in [9.17, 15) is 4.79 Å².